The van der Waals surface area contributed by atoms with Gasteiger partial charge >= 0.3 is 0 Å². The first-order chi connectivity index (χ1) is 17.9. The molecule has 1 aliphatic carbocycles. The van der Waals surface area contributed by atoms with Crippen molar-refractivity contribution in [1.82, 2.24) is 0 Å². The molecule has 0 amide bonds. The van der Waals surface area contributed by atoms with Crippen LogP contribution in [-0.4, -0.2) is 0 Å². The third kappa shape index (κ3) is 3.15. The molecule has 0 radical (unpaired) electrons. The quantitative estimate of drug-likeness (QED) is 0.219. The Balaban J connectivity index is 1.60. The van der Waals surface area contributed by atoms with E-state index in [1.807, 2.05) is 0 Å². The Hall–Kier alpha value is -4.16. The zero-order valence-corrected chi connectivity index (χ0v) is 21.9. The van der Waals surface area contributed by atoms with E-state index in [1.165, 1.54) is 77.2 Å². The predicted octanol–water partition coefficient (Wildman–Crippen LogP) is 10.3. The lowest BCUT2D eigenvalue weighted by Gasteiger charge is -2.23. The second kappa shape index (κ2) is 7.92. The molecule has 0 N–H and O–H groups in total. The molecule has 0 saturated heterocycles. The first-order valence-electron chi connectivity index (χ1n) is 13.2. The summed E-state index contributed by atoms with van der Waals surface area (Å²) in [5.74, 6) is 0. The Labute approximate surface area is 219 Å². The highest BCUT2D eigenvalue weighted by molar-refractivity contribution is 6.21. The van der Waals surface area contributed by atoms with Crippen LogP contribution in [0.3, 0.4) is 0 Å². The summed E-state index contributed by atoms with van der Waals surface area (Å²) >= 11 is 0. The summed E-state index contributed by atoms with van der Waals surface area (Å²) < 4.78 is 0. The van der Waals surface area contributed by atoms with E-state index >= 15 is 0 Å². The summed E-state index contributed by atoms with van der Waals surface area (Å²) in [6, 6.07) is 40.7. The zero-order valence-electron chi connectivity index (χ0n) is 21.9. The number of rotatable bonds is 2. The van der Waals surface area contributed by atoms with Crippen LogP contribution >= 0.6 is 0 Å². The average molecular weight is 475 g/mol. The fourth-order valence-electron chi connectivity index (χ4n) is 6.53. The Morgan fingerprint density at radius 2 is 0.973 bits per heavy atom. The lowest BCUT2D eigenvalue weighted by atomic mass is 9.80. The Morgan fingerprint density at radius 3 is 1.65 bits per heavy atom. The molecule has 0 heteroatoms. The molecule has 1 aliphatic rings. The fourth-order valence-corrected chi connectivity index (χ4v) is 6.53. The summed E-state index contributed by atoms with van der Waals surface area (Å²) in [5, 5.41) is 5.27. The standard InChI is InChI=1S/C37H30/c1-23-20-31-32(21-24(23)2)36(30-16-9-8-15-29(30)35(31)25-12-6-5-7-13-25)26-18-19-28-27-14-10-11-17-33(27)37(3,4)34(28)22-26/h5-22H,1-4H3. The first-order valence-corrected chi connectivity index (χ1v) is 13.2. The molecule has 0 aromatic heterocycles. The second-order valence-electron chi connectivity index (χ2n) is 11.1. The van der Waals surface area contributed by atoms with Crippen LogP contribution in [0.4, 0.5) is 0 Å². The third-order valence-corrected chi connectivity index (χ3v) is 8.57. The van der Waals surface area contributed by atoms with Gasteiger partial charge in [-0.1, -0.05) is 117 Å². The largest absolute Gasteiger partial charge is 0.0622 e. The molecule has 0 saturated carbocycles. The molecule has 7 rings (SSSR count). The van der Waals surface area contributed by atoms with Gasteiger partial charge in [-0.05, 0) is 97.1 Å². The van der Waals surface area contributed by atoms with Crippen molar-refractivity contribution in [2.24, 2.45) is 0 Å². The van der Waals surface area contributed by atoms with Crippen molar-refractivity contribution < 1.29 is 0 Å². The van der Waals surface area contributed by atoms with E-state index in [-0.39, 0.29) is 5.41 Å². The van der Waals surface area contributed by atoms with Crippen molar-refractivity contribution in [3.05, 3.63) is 131 Å². The molecule has 6 aromatic rings. The van der Waals surface area contributed by atoms with Crippen LogP contribution in [0, 0.1) is 13.8 Å². The summed E-state index contributed by atoms with van der Waals surface area (Å²) in [5.41, 5.74) is 13.4. The van der Waals surface area contributed by atoms with Crippen LogP contribution in [0.1, 0.15) is 36.1 Å². The SMILES string of the molecule is Cc1cc2c(-c3ccccc3)c3ccccc3c(-c3ccc4c(c3)C(C)(C)c3ccccc3-4)c2cc1C. The maximum atomic E-state index is 2.47. The molecule has 0 nitrogen and oxygen atoms in total. The van der Waals surface area contributed by atoms with Crippen molar-refractivity contribution in [2.75, 3.05) is 0 Å². The maximum absolute atomic E-state index is 2.47. The Morgan fingerprint density at radius 1 is 0.432 bits per heavy atom. The van der Waals surface area contributed by atoms with Crippen LogP contribution < -0.4 is 0 Å². The van der Waals surface area contributed by atoms with Crippen molar-refractivity contribution >= 4 is 21.5 Å². The monoisotopic (exact) mass is 474 g/mol. The molecule has 178 valence electrons. The normalized spacial score (nSPS) is 13.6. The van der Waals surface area contributed by atoms with Crippen molar-refractivity contribution in [3.63, 3.8) is 0 Å². The van der Waals surface area contributed by atoms with Crippen LogP contribution in [-0.2, 0) is 5.41 Å². The smallest absolute Gasteiger partial charge is 0.0159 e. The van der Waals surface area contributed by atoms with Crippen LogP contribution in [0.2, 0.25) is 0 Å². The predicted molar refractivity (Wildman–Crippen MR) is 159 cm³/mol. The molecule has 0 bridgehead atoms. The van der Waals surface area contributed by atoms with Crippen molar-refractivity contribution in [2.45, 2.75) is 33.1 Å². The summed E-state index contributed by atoms with van der Waals surface area (Å²) in [6.45, 7) is 9.19. The maximum Gasteiger partial charge on any atom is 0.0159 e. The molecule has 0 unspecified atom stereocenters. The Bertz CT molecular complexity index is 1850. The van der Waals surface area contributed by atoms with Gasteiger partial charge in [-0.15, -0.1) is 0 Å². The first kappa shape index (κ1) is 22.1. The van der Waals surface area contributed by atoms with Gasteiger partial charge in [0.2, 0.25) is 0 Å². The minimum Gasteiger partial charge on any atom is -0.0622 e. The molecule has 6 aromatic carbocycles. The van der Waals surface area contributed by atoms with Gasteiger partial charge in [0, 0.05) is 5.41 Å². The molecule has 0 spiro atoms. The zero-order chi connectivity index (χ0) is 25.3. The molecule has 0 fully saturated rings. The van der Waals surface area contributed by atoms with Gasteiger partial charge in [-0.25, -0.2) is 0 Å². The highest BCUT2D eigenvalue weighted by Gasteiger charge is 2.35. The van der Waals surface area contributed by atoms with Crippen LogP contribution in [0.15, 0.2) is 109 Å². The van der Waals surface area contributed by atoms with Gasteiger partial charge in [0.15, 0.2) is 0 Å². The van der Waals surface area contributed by atoms with Gasteiger partial charge in [0.1, 0.15) is 0 Å². The highest BCUT2D eigenvalue weighted by atomic mass is 14.4. The summed E-state index contributed by atoms with van der Waals surface area (Å²) in [6.07, 6.45) is 0. The molecular formula is C37H30. The van der Waals surface area contributed by atoms with Gasteiger partial charge in [-0.2, -0.15) is 0 Å². The number of benzene rings is 6. The highest BCUT2D eigenvalue weighted by Crippen LogP contribution is 2.51. The van der Waals surface area contributed by atoms with E-state index in [0.717, 1.165) is 0 Å². The number of hydrogen-bond donors (Lipinski definition) is 0. The van der Waals surface area contributed by atoms with Gasteiger partial charge < -0.3 is 0 Å². The van der Waals surface area contributed by atoms with Crippen LogP contribution in [0.25, 0.3) is 54.9 Å². The molecule has 0 aliphatic heterocycles. The van der Waals surface area contributed by atoms with Crippen LogP contribution in [0.5, 0.6) is 0 Å². The lowest BCUT2D eigenvalue weighted by Crippen LogP contribution is -2.14. The molecule has 0 atom stereocenters. The van der Waals surface area contributed by atoms with Crippen molar-refractivity contribution in [3.8, 4) is 33.4 Å². The third-order valence-electron chi connectivity index (χ3n) is 8.57. The van der Waals surface area contributed by atoms with E-state index in [4.69, 9.17) is 0 Å². The lowest BCUT2D eigenvalue weighted by molar-refractivity contribution is 0.660. The van der Waals surface area contributed by atoms with E-state index in [0.29, 0.717) is 0 Å². The molecule has 0 heterocycles. The van der Waals surface area contributed by atoms with E-state index < -0.39 is 0 Å². The van der Waals surface area contributed by atoms with E-state index in [1.54, 1.807) is 0 Å². The summed E-state index contributed by atoms with van der Waals surface area (Å²) in [7, 11) is 0. The van der Waals surface area contributed by atoms with Gasteiger partial charge in [-0.3, -0.25) is 0 Å². The van der Waals surface area contributed by atoms with Crippen molar-refractivity contribution in [1.29, 1.82) is 0 Å². The average Bonchev–Trinajstić information content (AvgIpc) is 3.15. The minimum atomic E-state index is -0.0238. The summed E-state index contributed by atoms with van der Waals surface area (Å²) in [4.78, 5) is 0. The minimum absolute atomic E-state index is 0.0238. The number of fused-ring (bicyclic) bond motifs is 5. The Kier molecular flexibility index (Phi) is 4.72. The number of hydrogen-bond acceptors (Lipinski definition) is 0. The number of aryl methyl sites for hydroxylation is 2. The molecule has 37 heavy (non-hydrogen) atoms. The molecular weight excluding hydrogens is 444 g/mol. The van der Waals surface area contributed by atoms with Gasteiger partial charge in [0.05, 0.1) is 0 Å². The second-order valence-corrected chi connectivity index (χ2v) is 11.1. The van der Waals surface area contributed by atoms with E-state index in [9.17, 15) is 0 Å². The van der Waals surface area contributed by atoms with E-state index in [2.05, 4.69) is 137 Å². The topological polar surface area (TPSA) is 0 Å². The fraction of sp³-hybridized carbons (Fsp3) is 0.135. The van der Waals surface area contributed by atoms with Gasteiger partial charge in [0.25, 0.3) is 0 Å².